The minimum absolute atomic E-state index is 0.167. The normalized spacial score (nSPS) is 10.3. The maximum absolute atomic E-state index is 13.4. The van der Waals surface area contributed by atoms with E-state index in [4.69, 9.17) is 10.00 Å². The maximum Gasteiger partial charge on any atom is 0.320 e. The Bertz CT molecular complexity index is 497. The summed E-state index contributed by atoms with van der Waals surface area (Å²) in [6, 6.07) is 6.14. The van der Waals surface area contributed by atoms with Gasteiger partial charge in [0, 0.05) is 6.54 Å². The molecule has 0 aliphatic heterocycles. The Kier molecular flexibility index (Phi) is 6.68. The number of halogens is 1. The van der Waals surface area contributed by atoms with Gasteiger partial charge in [-0.1, -0.05) is 6.92 Å². The Balaban J connectivity index is 2.77. The van der Waals surface area contributed by atoms with Crippen molar-refractivity contribution in [3.05, 3.63) is 35.1 Å². The molecule has 0 radical (unpaired) electrons. The van der Waals surface area contributed by atoms with Gasteiger partial charge in [-0.05, 0) is 43.7 Å². The molecule has 0 bridgehead atoms. The minimum Gasteiger partial charge on any atom is -0.465 e. The van der Waals surface area contributed by atoms with Gasteiger partial charge in [0.25, 0.3) is 0 Å². The molecular formula is C15H19FN2O2. The van der Waals surface area contributed by atoms with Crippen molar-refractivity contribution in [3.63, 3.8) is 0 Å². The van der Waals surface area contributed by atoms with Crippen LogP contribution in [-0.2, 0) is 16.1 Å². The quantitative estimate of drug-likeness (QED) is 0.719. The molecule has 4 nitrogen and oxygen atoms in total. The van der Waals surface area contributed by atoms with Gasteiger partial charge in [-0.3, -0.25) is 9.69 Å². The third-order valence-electron chi connectivity index (χ3n) is 2.69. The zero-order chi connectivity index (χ0) is 15.0. The summed E-state index contributed by atoms with van der Waals surface area (Å²) in [5.41, 5.74) is 0.965. The lowest BCUT2D eigenvalue weighted by Gasteiger charge is -2.20. The van der Waals surface area contributed by atoms with Crippen molar-refractivity contribution in [2.45, 2.75) is 26.8 Å². The predicted octanol–water partition coefficient (Wildman–Crippen LogP) is 2.47. The first kappa shape index (κ1) is 16.1. The topological polar surface area (TPSA) is 53.3 Å². The summed E-state index contributed by atoms with van der Waals surface area (Å²) in [5, 5.41) is 8.83. The Morgan fingerprint density at radius 2 is 2.15 bits per heavy atom. The molecule has 0 saturated heterocycles. The van der Waals surface area contributed by atoms with Gasteiger partial charge in [-0.15, -0.1) is 0 Å². The van der Waals surface area contributed by atoms with Crippen molar-refractivity contribution >= 4 is 5.97 Å². The van der Waals surface area contributed by atoms with E-state index in [-0.39, 0.29) is 18.1 Å². The van der Waals surface area contributed by atoms with E-state index in [1.165, 1.54) is 12.1 Å². The molecule has 0 aliphatic rings. The van der Waals surface area contributed by atoms with Gasteiger partial charge >= 0.3 is 5.97 Å². The molecule has 0 aliphatic carbocycles. The number of benzene rings is 1. The highest BCUT2D eigenvalue weighted by Gasteiger charge is 2.12. The van der Waals surface area contributed by atoms with E-state index >= 15 is 0 Å². The van der Waals surface area contributed by atoms with E-state index in [0.29, 0.717) is 25.3 Å². The van der Waals surface area contributed by atoms with Crippen molar-refractivity contribution in [1.82, 2.24) is 4.90 Å². The lowest BCUT2D eigenvalue weighted by atomic mass is 10.1. The average Bonchev–Trinajstić information content (AvgIpc) is 2.38. The van der Waals surface area contributed by atoms with Gasteiger partial charge in [0.05, 0.1) is 24.8 Å². The highest BCUT2D eigenvalue weighted by atomic mass is 19.1. The second-order valence-corrected chi connectivity index (χ2v) is 4.48. The molecule has 108 valence electrons. The standard InChI is InChI=1S/C15H19FN2O2/c1-3-5-18(11-15(19)20-4-2)10-13-6-12(9-17)7-14(16)8-13/h6-8H,3-5,10-11H2,1-2H3. The van der Waals surface area contributed by atoms with Crippen molar-refractivity contribution in [1.29, 1.82) is 5.26 Å². The van der Waals surface area contributed by atoms with Crippen LogP contribution in [0.4, 0.5) is 4.39 Å². The number of esters is 1. The van der Waals surface area contributed by atoms with E-state index in [2.05, 4.69) is 0 Å². The summed E-state index contributed by atoms with van der Waals surface area (Å²) < 4.78 is 18.3. The molecule has 20 heavy (non-hydrogen) atoms. The largest absolute Gasteiger partial charge is 0.465 e. The summed E-state index contributed by atoms with van der Waals surface area (Å²) in [4.78, 5) is 13.4. The van der Waals surface area contributed by atoms with Crippen LogP contribution in [0.3, 0.4) is 0 Å². The number of hydrogen-bond donors (Lipinski definition) is 0. The van der Waals surface area contributed by atoms with Crippen LogP contribution in [0.1, 0.15) is 31.4 Å². The number of carbonyl (C=O) groups excluding carboxylic acids is 1. The Morgan fingerprint density at radius 3 is 2.75 bits per heavy atom. The number of ether oxygens (including phenoxy) is 1. The molecule has 0 heterocycles. The van der Waals surface area contributed by atoms with Crippen LogP contribution < -0.4 is 0 Å². The van der Waals surface area contributed by atoms with E-state index in [1.54, 1.807) is 13.0 Å². The summed E-state index contributed by atoms with van der Waals surface area (Å²) in [6.45, 7) is 5.39. The third-order valence-corrected chi connectivity index (χ3v) is 2.69. The zero-order valence-electron chi connectivity index (χ0n) is 11.9. The first-order chi connectivity index (χ1) is 9.58. The number of carbonyl (C=O) groups is 1. The van der Waals surface area contributed by atoms with Crippen LogP contribution in [0.25, 0.3) is 0 Å². The fraction of sp³-hybridized carbons (Fsp3) is 0.467. The number of nitrogens with zero attached hydrogens (tertiary/aromatic N) is 2. The Labute approximate surface area is 118 Å². The SMILES string of the molecule is CCCN(CC(=O)OCC)Cc1cc(F)cc(C#N)c1. The van der Waals surface area contributed by atoms with Crippen LogP contribution in [-0.4, -0.2) is 30.6 Å². The monoisotopic (exact) mass is 278 g/mol. The number of nitriles is 1. The number of hydrogen-bond acceptors (Lipinski definition) is 4. The molecule has 1 aromatic carbocycles. The highest BCUT2D eigenvalue weighted by molar-refractivity contribution is 5.71. The summed E-state index contributed by atoms with van der Waals surface area (Å²) >= 11 is 0. The van der Waals surface area contributed by atoms with Crippen molar-refractivity contribution < 1.29 is 13.9 Å². The van der Waals surface area contributed by atoms with Crippen LogP contribution >= 0.6 is 0 Å². The highest BCUT2D eigenvalue weighted by Crippen LogP contribution is 2.11. The first-order valence-corrected chi connectivity index (χ1v) is 6.66. The molecule has 5 heteroatoms. The molecule has 0 saturated carbocycles. The van der Waals surface area contributed by atoms with Gasteiger partial charge in [0.1, 0.15) is 5.82 Å². The molecular weight excluding hydrogens is 259 g/mol. The molecule has 1 aromatic rings. The van der Waals surface area contributed by atoms with Gasteiger partial charge in [-0.25, -0.2) is 4.39 Å². The average molecular weight is 278 g/mol. The minimum atomic E-state index is -0.438. The fourth-order valence-electron chi connectivity index (χ4n) is 1.98. The molecule has 0 atom stereocenters. The molecule has 0 amide bonds. The first-order valence-electron chi connectivity index (χ1n) is 6.66. The Hall–Kier alpha value is -1.93. The van der Waals surface area contributed by atoms with Crippen molar-refractivity contribution in [2.75, 3.05) is 19.7 Å². The summed E-state index contributed by atoms with van der Waals surface area (Å²) in [7, 11) is 0. The zero-order valence-corrected chi connectivity index (χ0v) is 11.9. The third kappa shape index (κ3) is 5.37. The Morgan fingerprint density at radius 1 is 1.40 bits per heavy atom. The summed E-state index contributed by atoms with van der Waals surface area (Å²) in [5.74, 6) is -0.732. The van der Waals surface area contributed by atoms with E-state index in [1.807, 2.05) is 17.9 Å². The van der Waals surface area contributed by atoms with Gasteiger partial charge in [0.15, 0.2) is 0 Å². The molecule has 0 N–H and O–H groups in total. The predicted molar refractivity (Wildman–Crippen MR) is 73.3 cm³/mol. The van der Waals surface area contributed by atoms with E-state index in [9.17, 15) is 9.18 Å². The lowest BCUT2D eigenvalue weighted by molar-refractivity contribution is -0.144. The molecule has 0 spiro atoms. The maximum atomic E-state index is 13.4. The van der Waals surface area contributed by atoms with Crippen molar-refractivity contribution in [3.8, 4) is 6.07 Å². The smallest absolute Gasteiger partial charge is 0.320 e. The van der Waals surface area contributed by atoms with Crippen molar-refractivity contribution in [2.24, 2.45) is 0 Å². The second kappa shape index (κ2) is 8.28. The van der Waals surface area contributed by atoms with Crippen LogP contribution in [0, 0.1) is 17.1 Å². The van der Waals surface area contributed by atoms with Gasteiger partial charge in [0.2, 0.25) is 0 Å². The van der Waals surface area contributed by atoms with Gasteiger partial charge < -0.3 is 4.74 Å². The van der Waals surface area contributed by atoms with Crippen LogP contribution in [0.15, 0.2) is 18.2 Å². The fourth-order valence-corrected chi connectivity index (χ4v) is 1.98. The molecule has 1 rings (SSSR count). The van der Waals surface area contributed by atoms with E-state index < -0.39 is 5.82 Å². The second-order valence-electron chi connectivity index (χ2n) is 4.48. The molecule has 0 unspecified atom stereocenters. The van der Waals surface area contributed by atoms with E-state index in [0.717, 1.165) is 6.42 Å². The van der Waals surface area contributed by atoms with Crippen LogP contribution in [0.5, 0.6) is 0 Å². The van der Waals surface area contributed by atoms with Crippen LogP contribution in [0.2, 0.25) is 0 Å². The number of rotatable bonds is 7. The molecule has 0 aromatic heterocycles. The molecule has 0 fully saturated rings. The lowest BCUT2D eigenvalue weighted by Crippen LogP contribution is -2.31. The van der Waals surface area contributed by atoms with Gasteiger partial charge in [-0.2, -0.15) is 5.26 Å². The summed E-state index contributed by atoms with van der Waals surface area (Å²) in [6.07, 6.45) is 0.875.